The number of hydrogen-bond acceptors (Lipinski definition) is 5. The average molecular weight is 376 g/mol. The Hall–Kier alpha value is -3.15. The molecule has 1 aliphatic heterocycles. The smallest absolute Gasteiger partial charge is 0.251 e. The molecule has 6 nitrogen and oxygen atoms in total. The third kappa shape index (κ3) is 4.22. The molecular formula is C22H24N4O2. The van der Waals surface area contributed by atoms with Crippen molar-refractivity contribution in [2.45, 2.75) is 32.7 Å². The normalized spacial score (nSPS) is 14.1. The van der Waals surface area contributed by atoms with Gasteiger partial charge in [-0.1, -0.05) is 12.1 Å². The van der Waals surface area contributed by atoms with Crippen LogP contribution in [0.2, 0.25) is 0 Å². The first-order valence-electron chi connectivity index (χ1n) is 9.70. The highest BCUT2D eigenvalue weighted by molar-refractivity contribution is 5.95. The van der Waals surface area contributed by atoms with Gasteiger partial charge in [-0.15, -0.1) is 0 Å². The van der Waals surface area contributed by atoms with Gasteiger partial charge in [-0.3, -0.25) is 4.79 Å². The van der Waals surface area contributed by atoms with Gasteiger partial charge >= 0.3 is 0 Å². The van der Waals surface area contributed by atoms with Gasteiger partial charge in [0.25, 0.3) is 5.91 Å². The molecule has 1 aromatic carbocycles. The van der Waals surface area contributed by atoms with E-state index in [0.717, 1.165) is 41.7 Å². The molecule has 1 amide bonds. The monoisotopic (exact) mass is 376 g/mol. The van der Waals surface area contributed by atoms with E-state index in [1.807, 2.05) is 49.6 Å². The van der Waals surface area contributed by atoms with Crippen molar-refractivity contribution < 1.29 is 9.21 Å². The van der Waals surface area contributed by atoms with Crippen molar-refractivity contribution in [1.82, 2.24) is 15.3 Å². The van der Waals surface area contributed by atoms with E-state index in [1.165, 1.54) is 19.3 Å². The zero-order valence-corrected chi connectivity index (χ0v) is 16.0. The largest absolute Gasteiger partial charge is 0.465 e. The summed E-state index contributed by atoms with van der Waals surface area (Å²) in [5, 5.41) is 2.89. The van der Waals surface area contributed by atoms with E-state index in [2.05, 4.69) is 20.2 Å². The van der Waals surface area contributed by atoms with Gasteiger partial charge in [0.15, 0.2) is 0 Å². The van der Waals surface area contributed by atoms with Crippen molar-refractivity contribution in [3.8, 4) is 11.1 Å². The summed E-state index contributed by atoms with van der Waals surface area (Å²) in [6.45, 7) is 4.28. The second kappa shape index (κ2) is 8.25. The highest BCUT2D eigenvalue weighted by Crippen LogP contribution is 2.22. The number of carbonyl (C=O) groups excluding carboxylic acids is 1. The lowest BCUT2D eigenvalue weighted by atomic mass is 10.1. The Labute approximate surface area is 164 Å². The van der Waals surface area contributed by atoms with Crippen LogP contribution in [0.25, 0.3) is 11.1 Å². The van der Waals surface area contributed by atoms with Gasteiger partial charge in [0, 0.05) is 36.6 Å². The first kappa shape index (κ1) is 18.2. The zero-order valence-electron chi connectivity index (χ0n) is 16.0. The van der Waals surface area contributed by atoms with Crippen LogP contribution >= 0.6 is 0 Å². The van der Waals surface area contributed by atoms with Crippen LogP contribution in [0.1, 0.15) is 41.1 Å². The minimum absolute atomic E-state index is 0.137. The summed E-state index contributed by atoms with van der Waals surface area (Å²) in [5.74, 6) is 2.22. The molecule has 0 radical (unpaired) electrons. The van der Waals surface area contributed by atoms with E-state index in [-0.39, 0.29) is 5.91 Å². The molecule has 3 heterocycles. The maximum Gasteiger partial charge on any atom is 0.251 e. The standard InChI is InChI=1S/C22H24N4O2/c1-16-8-9-20(28-16)15-23-21(27)18-7-5-6-17(12-18)19-13-24-22(25-14-19)26-10-3-2-4-11-26/h5-9,12-14H,2-4,10-11,15H2,1H3,(H,23,27). The Morgan fingerprint density at radius 2 is 1.86 bits per heavy atom. The highest BCUT2D eigenvalue weighted by atomic mass is 16.3. The number of nitrogens with one attached hydrogen (secondary N) is 1. The number of benzene rings is 1. The predicted octanol–water partition coefficient (Wildman–Crippen LogP) is 3.97. The van der Waals surface area contributed by atoms with Crippen molar-refractivity contribution in [3.05, 3.63) is 65.9 Å². The Morgan fingerprint density at radius 3 is 2.57 bits per heavy atom. The van der Waals surface area contributed by atoms with Gasteiger partial charge in [0.05, 0.1) is 6.54 Å². The topological polar surface area (TPSA) is 71.3 Å². The Balaban J connectivity index is 1.44. The number of hydrogen-bond donors (Lipinski definition) is 1. The van der Waals surface area contributed by atoms with Crippen LogP contribution < -0.4 is 10.2 Å². The molecule has 0 aliphatic carbocycles. The summed E-state index contributed by atoms with van der Waals surface area (Å²) in [7, 11) is 0. The van der Waals surface area contributed by atoms with E-state index in [4.69, 9.17) is 4.42 Å². The van der Waals surface area contributed by atoms with Crippen LogP contribution in [0.15, 0.2) is 53.2 Å². The molecule has 28 heavy (non-hydrogen) atoms. The highest BCUT2D eigenvalue weighted by Gasteiger charge is 2.14. The van der Waals surface area contributed by atoms with Crippen LogP contribution in [-0.4, -0.2) is 29.0 Å². The summed E-state index contributed by atoms with van der Waals surface area (Å²) in [6, 6.07) is 11.3. The number of amides is 1. The summed E-state index contributed by atoms with van der Waals surface area (Å²) < 4.78 is 5.49. The number of furan rings is 1. The summed E-state index contributed by atoms with van der Waals surface area (Å²) in [5.41, 5.74) is 2.42. The lowest BCUT2D eigenvalue weighted by Gasteiger charge is -2.26. The average Bonchev–Trinajstić information content (AvgIpc) is 3.18. The number of aromatic nitrogens is 2. The molecule has 1 saturated heterocycles. The van der Waals surface area contributed by atoms with Crippen LogP contribution in [-0.2, 0) is 6.54 Å². The molecule has 1 aliphatic rings. The molecule has 0 bridgehead atoms. The van der Waals surface area contributed by atoms with Crippen molar-refractivity contribution in [3.63, 3.8) is 0 Å². The first-order valence-corrected chi connectivity index (χ1v) is 9.70. The van der Waals surface area contributed by atoms with Crippen molar-refractivity contribution >= 4 is 11.9 Å². The van der Waals surface area contributed by atoms with E-state index in [1.54, 1.807) is 6.07 Å². The maximum atomic E-state index is 12.5. The maximum absolute atomic E-state index is 12.5. The van der Waals surface area contributed by atoms with E-state index in [0.29, 0.717) is 12.1 Å². The van der Waals surface area contributed by atoms with E-state index in [9.17, 15) is 4.79 Å². The summed E-state index contributed by atoms with van der Waals surface area (Å²) in [4.78, 5) is 23.8. The molecule has 3 aromatic rings. The Bertz CT molecular complexity index is 943. The summed E-state index contributed by atoms with van der Waals surface area (Å²) >= 11 is 0. The van der Waals surface area contributed by atoms with Gasteiger partial charge in [-0.05, 0) is 56.0 Å². The predicted molar refractivity (Wildman–Crippen MR) is 108 cm³/mol. The fraction of sp³-hybridized carbons (Fsp3) is 0.318. The lowest BCUT2D eigenvalue weighted by molar-refractivity contribution is 0.0948. The molecule has 144 valence electrons. The van der Waals surface area contributed by atoms with Crippen LogP contribution in [0.5, 0.6) is 0 Å². The van der Waals surface area contributed by atoms with Crippen LogP contribution in [0.4, 0.5) is 5.95 Å². The van der Waals surface area contributed by atoms with Gasteiger partial charge < -0.3 is 14.6 Å². The molecule has 0 atom stereocenters. The molecule has 2 aromatic heterocycles. The SMILES string of the molecule is Cc1ccc(CNC(=O)c2cccc(-c3cnc(N4CCCCC4)nc3)c2)o1. The number of rotatable bonds is 5. The third-order valence-corrected chi connectivity index (χ3v) is 4.95. The number of piperidine rings is 1. The van der Waals surface area contributed by atoms with Crippen molar-refractivity contribution in [2.24, 2.45) is 0 Å². The summed E-state index contributed by atoms with van der Waals surface area (Å²) in [6.07, 6.45) is 7.34. The molecule has 1 N–H and O–H groups in total. The number of nitrogens with zero attached hydrogens (tertiary/aromatic N) is 3. The van der Waals surface area contributed by atoms with Crippen LogP contribution in [0, 0.1) is 6.92 Å². The second-order valence-corrected chi connectivity index (χ2v) is 7.10. The minimum Gasteiger partial charge on any atom is -0.465 e. The van der Waals surface area contributed by atoms with Gasteiger partial charge in [0.1, 0.15) is 11.5 Å². The second-order valence-electron chi connectivity index (χ2n) is 7.10. The molecule has 1 fully saturated rings. The van der Waals surface area contributed by atoms with Crippen LogP contribution in [0.3, 0.4) is 0 Å². The Kier molecular flexibility index (Phi) is 5.37. The minimum atomic E-state index is -0.137. The lowest BCUT2D eigenvalue weighted by Crippen LogP contribution is -2.30. The molecular weight excluding hydrogens is 352 g/mol. The van der Waals surface area contributed by atoms with Crippen molar-refractivity contribution in [2.75, 3.05) is 18.0 Å². The number of aryl methyl sites for hydroxylation is 1. The zero-order chi connectivity index (χ0) is 19.3. The molecule has 0 saturated carbocycles. The van der Waals surface area contributed by atoms with Gasteiger partial charge in [-0.2, -0.15) is 0 Å². The quantitative estimate of drug-likeness (QED) is 0.730. The van der Waals surface area contributed by atoms with Crippen molar-refractivity contribution in [1.29, 1.82) is 0 Å². The fourth-order valence-corrected chi connectivity index (χ4v) is 3.42. The number of anilines is 1. The molecule has 6 heteroatoms. The Morgan fingerprint density at radius 1 is 1.07 bits per heavy atom. The number of carbonyl (C=O) groups is 1. The molecule has 4 rings (SSSR count). The van der Waals surface area contributed by atoms with E-state index >= 15 is 0 Å². The fourth-order valence-electron chi connectivity index (χ4n) is 3.42. The van der Waals surface area contributed by atoms with Gasteiger partial charge in [-0.25, -0.2) is 9.97 Å². The third-order valence-electron chi connectivity index (χ3n) is 4.95. The van der Waals surface area contributed by atoms with E-state index < -0.39 is 0 Å². The molecule has 0 unspecified atom stereocenters. The molecule has 0 spiro atoms. The van der Waals surface area contributed by atoms with Gasteiger partial charge in [0.2, 0.25) is 5.95 Å². The first-order chi connectivity index (χ1) is 13.7.